The standard InChI is InChI=1S/C20H17FN4O2/c1-12-2-4-16-13(11-24-18(16)8-12)6-7-23-19(26)20(27)25-17-5-3-15(21)9-14(17)10-22/h2-5,8-9,11,24H,6-7H2,1H3,(H,23,26)(H,25,27). The van der Waals surface area contributed by atoms with Crippen LogP contribution in [0.1, 0.15) is 16.7 Å². The van der Waals surface area contributed by atoms with E-state index in [1.165, 1.54) is 6.07 Å². The Balaban J connectivity index is 1.57. The third-order valence-electron chi connectivity index (χ3n) is 4.16. The number of anilines is 1. The Hall–Kier alpha value is -3.66. The lowest BCUT2D eigenvalue weighted by Crippen LogP contribution is -2.36. The van der Waals surface area contributed by atoms with Crippen LogP contribution in [0, 0.1) is 24.1 Å². The Morgan fingerprint density at radius 1 is 1.19 bits per heavy atom. The molecule has 0 atom stereocenters. The number of hydrogen-bond acceptors (Lipinski definition) is 3. The summed E-state index contributed by atoms with van der Waals surface area (Å²) in [6.07, 6.45) is 2.44. The molecule has 0 unspecified atom stereocenters. The maximum absolute atomic E-state index is 13.1. The Morgan fingerprint density at radius 2 is 2.00 bits per heavy atom. The molecule has 0 aliphatic carbocycles. The number of aromatic amines is 1. The largest absolute Gasteiger partial charge is 0.361 e. The molecule has 3 rings (SSSR count). The van der Waals surface area contributed by atoms with E-state index in [2.05, 4.69) is 15.6 Å². The van der Waals surface area contributed by atoms with Crippen LogP contribution >= 0.6 is 0 Å². The first-order chi connectivity index (χ1) is 13.0. The molecule has 0 saturated heterocycles. The number of hydrogen-bond donors (Lipinski definition) is 3. The summed E-state index contributed by atoms with van der Waals surface area (Å²) in [6.45, 7) is 2.29. The van der Waals surface area contributed by atoms with Gasteiger partial charge in [0.05, 0.1) is 11.3 Å². The lowest BCUT2D eigenvalue weighted by molar-refractivity contribution is -0.136. The van der Waals surface area contributed by atoms with E-state index >= 15 is 0 Å². The number of aryl methyl sites for hydroxylation is 1. The molecule has 0 radical (unpaired) electrons. The van der Waals surface area contributed by atoms with Gasteiger partial charge in [-0.3, -0.25) is 9.59 Å². The zero-order chi connectivity index (χ0) is 19.4. The van der Waals surface area contributed by atoms with Gasteiger partial charge in [-0.25, -0.2) is 4.39 Å². The van der Waals surface area contributed by atoms with Crippen LogP contribution in [0.4, 0.5) is 10.1 Å². The number of halogens is 1. The SMILES string of the molecule is Cc1ccc2c(CCNC(=O)C(=O)Nc3ccc(F)cc3C#N)c[nH]c2c1. The van der Waals surface area contributed by atoms with Crippen molar-refractivity contribution in [1.82, 2.24) is 10.3 Å². The first kappa shape index (κ1) is 18.1. The first-order valence-electron chi connectivity index (χ1n) is 8.33. The molecule has 3 N–H and O–H groups in total. The third-order valence-corrected chi connectivity index (χ3v) is 4.16. The van der Waals surface area contributed by atoms with Gasteiger partial charge in [0.25, 0.3) is 0 Å². The quantitative estimate of drug-likeness (QED) is 0.621. The molecule has 0 saturated carbocycles. The second kappa shape index (κ2) is 7.70. The van der Waals surface area contributed by atoms with Crippen LogP contribution in [0.25, 0.3) is 10.9 Å². The number of nitriles is 1. The highest BCUT2D eigenvalue weighted by Gasteiger charge is 2.15. The van der Waals surface area contributed by atoms with Crippen molar-refractivity contribution in [3.05, 3.63) is 65.1 Å². The van der Waals surface area contributed by atoms with Crippen molar-refractivity contribution in [1.29, 1.82) is 5.26 Å². The van der Waals surface area contributed by atoms with Crippen LogP contribution < -0.4 is 10.6 Å². The van der Waals surface area contributed by atoms with Gasteiger partial charge in [-0.1, -0.05) is 12.1 Å². The molecule has 27 heavy (non-hydrogen) atoms. The van der Waals surface area contributed by atoms with Crippen molar-refractivity contribution in [2.24, 2.45) is 0 Å². The molecule has 1 aromatic heterocycles. The van der Waals surface area contributed by atoms with Crippen molar-refractivity contribution in [2.75, 3.05) is 11.9 Å². The van der Waals surface area contributed by atoms with Gasteiger partial charge < -0.3 is 15.6 Å². The minimum absolute atomic E-state index is 0.0507. The lowest BCUT2D eigenvalue weighted by atomic mass is 10.1. The fourth-order valence-corrected chi connectivity index (χ4v) is 2.80. The molecule has 2 amide bonds. The molecule has 0 fully saturated rings. The van der Waals surface area contributed by atoms with E-state index in [1.807, 2.05) is 31.3 Å². The smallest absolute Gasteiger partial charge is 0.313 e. The Bertz CT molecular complexity index is 1070. The Kier molecular flexibility index (Phi) is 5.18. The number of amides is 2. The van der Waals surface area contributed by atoms with Crippen LogP contribution in [-0.4, -0.2) is 23.3 Å². The fraction of sp³-hybridized carbons (Fsp3) is 0.150. The summed E-state index contributed by atoms with van der Waals surface area (Å²) >= 11 is 0. The minimum atomic E-state index is -0.910. The van der Waals surface area contributed by atoms with Gasteiger partial charge >= 0.3 is 11.8 Å². The molecule has 0 bridgehead atoms. The number of nitrogens with zero attached hydrogens (tertiary/aromatic N) is 1. The van der Waals surface area contributed by atoms with Gasteiger partial charge in [0.1, 0.15) is 11.9 Å². The van der Waals surface area contributed by atoms with Crippen molar-refractivity contribution in [2.45, 2.75) is 13.3 Å². The molecule has 6 nitrogen and oxygen atoms in total. The maximum atomic E-state index is 13.1. The zero-order valence-electron chi connectivity index (χ0n) is 14.6. The second-order valence-electron chi connectivity index (χ2n) is 6.12. The van der Waals surface area contributed by atoms with E-state index in [-0.39, 0.29) is 17.8 Å². The summed E-state index contributed by atoms with van der Waals surface area (Å²) < 4.78 is 13.1. The zero-order valence-corrected chi connectivity index (χ0v) is 14.6. The van der Waals surface area contributed by atoms with E-state index in [0.717, 1.165) is 34.2 Å². The monoisotopic (exact) mass is 364 g/mol. The number of benzene rings is 2. The summed E-state index contributed by atoms with van der Waals surface area (Å²) in [5.41, 5.74) is 3.25. The Morgan fingerprint density at radius 3 is 2.78 bits per heavy atom. The maximum Gasteiger partial charge on any atom is 0.313 e. The highest BCUT2D eigenvalue weighted by molar-refractivity contribution is 6.39. The first-order valence-corrected chi connectivity index (χ1v) is 8.33. The second-order valence-corrected chi connectivity index (χ2v) is 6.12. The number of aromatic nitrogens is 1. The van der Waals surface area contributed by atoms with Crippen LogP contribution in [-0.2, 0) is 16.0 Å². The summed E-state index contributed by atoms with van der Waals surface area (Å²) in [5, 5.41) is 14.9. The topological polar surface area (TPSA) is 97.8 Å². The predicted molar refractivity (Wildman–Crippen MR) is 99.5 cm³/mol. The number of fused-ring (bicyclic) bond motifs is 1. The summed E-state index contributed by atoms with van der Waals surface area (Å²) in [7, 11) is 0. The van der Waals surface area contributed by atoms with Gasteiger partial charge in [0.2, 0.25) is 0 Å². The van der Waals surface area contributed by atoms with Gasteiger partial charge in [-0.15, -0.1) is 0 Å². The fourth-order valence-electron chi connectivity index (χ4n) is 2.80. The van der Waals surface area contributed by atoms with E-state index < -0.39 is 17.6 Å². The average molecular weight is 364 g/mol. The predicted octanol–water partition coefficient (Wildman–Crippen LogP) is 2.78. The molecule has 0 aliphatic heterocycles. The number of rotatable bonds is 4. The lowest BCUT2D eigenvalue weighted by Gasteiger charge is -2.08. The highest BCUT2D eigenvalue weighted by Crippen LogP contribution is 2.19. The number of nitrogens with one attached hydrogen (secondary N) is 3. The van der Waals surface area contributed by atoms with Crippen molar-refractivity contribution >= 4 is 28.4 Å². The highest BCUT2D eigenvalue weighted by atomic mass is 19.1. The van der Waals surface area contributed by atoms with E-state index in [1.54, 1.807) is 6.07 Å². The normalized spacial score (nSPS) is 10.4. The van der Waals surface area contributed by atoms with Gasteiger partial charge in [0, 0.05) is 23.6 Å². The number of carbonyl (C=O) groups is 2. The van der Waals surface area contributed by atoms with E-state index in [9.17, 15) is 14.0 Å². The minimum Gasteiger partial charge on any atom is -0.361 e. The summed E-state index contributed by atoms with van der Waals surface area (Å²) in [6, 6.07) is 11.2. The van der Waals surface area contributed by atoms with Crippen molar-refractivity contribution in [3.8, 4) is 6.07 Å². The van der Waals surface area contributed by atoms with Crippen LogP contribution in [0.2, 0.25) is 0 Å². The molecule has 0 aliphatic rings. The Labute approximate surface area is 155 Å². The molecule has 3 aromatic rings. The van der Waals surface area contributed by atoms with E-state index in [4.69, 9.17) is 5.26 Å². The summed E-state index contributed by atoms with van der Waals surface area (Å²) in [5.74, 6) is -2.32. The van der Waals surface area contributed by atoms with Crippen molar-refractivity contribution in [3.63, 3.8) is 0 Å². The number of carbonyl (C=O) groups excluding carboxylic acids is 2. The molecular formula is C20H17FN4O2. The summed E-state index contributed by atoms with van der Waals surface area (Å²) in [4.78, 5) is 27.1. The van der Waals surface area contributed by atoms with Crippen LogP contribution in [0.15, 0.2) is 42.6 Å². The van der Waals surface area contributed by atoms with Gasteiger partial charge in [0.15, 0.2) is 0 Å². The average Bonchev–Trinajstić information content (AvgIpc) is 3.04. The molecule has 0 spiro atoms. The molecule has 7 heteroatoms. The molecule has 1 heterocycles. The van der Waals surface area contributed by atoms with Crippen LogP contribution in [0.5, 0.6) is 0 Å². The van der Waals surface area contributed by atoms with Crippen LogP contribution in [0.3, 0.4) is 0 Å². The molecular weight excluding hydrogens is 347 g/mol. The number of H-pyrrole nitrogens is 1. The molecule has 136 valence electrons. The van der Waals surface area contributed by atoms with Gasteiger partial charge in [-0.05, 0) is 48.7 Å². The third kappa shape index (κ3) is 4.12. The molecule has 2 aromatic carbocycles. The van der Waals surface area contributed by atoms with Crippen molar-refractivity contribution < 1.29 is 14.0 Å². The van der Waals surface area contributed by atoms with Gasteiger partial charge in [-0.2, -0.15) is 5.26 Å². The van der Waals surface area contributed by atoms with E-state index in [0.29, 0.717) is 6.42 Å².